The number of aromatic nitrogens is 2. The van der Waals surface area contributed by atoms with Gasteiger partial charge in [-0.05, 0) is 43.3 Å². The van der Waals surface area contributed by atoms with Crippen molar-refractivity contribution in [3.05, 3.63) is 53.9 Å². The molecule has 7 nitrogen and oxygen atoms in total. The molecule has 0 fully saturated rings. The first kappa shape index (κ1) is 30.0. The Morgan fingerprint density at radius 1 is 1.06 bits per heavy atom. The third-order valence-corrected chi connectivity index (χ3v) is 3.24. The predicted octanol–water partition coefficient (Wildman–Crippen LogP) is 5.80. The summed E-state index contributed by atoms with van der Waals surface area (Å²) in [4.78, 5) is 30.5. The zero-order chi connectivity index (χ0) is 23.1. The number of ketones is 1. The second kappa shape index (κ2) is 16.6. The van der Waals surface area contributed by atoms with Crippen molar-refractivity contribution in [2.24, 2.45) is 0 Å². The maximum absolute atomic E-state index is 12.1. The van der Waals surface area contributed by atoms with Crippen LogP contribution in [0.2, 0.25) is 0 Å². The molecule has 7 heteroatoms. The number of nitrogens with one attached hydrogen (secondary N) is 2. The van der Waals surface area contributed by atoms with Gasteiger partial charge in [-0.1, -0.05) is 41.5 Å². The molecule has 0 aliphatic heterocycles. The number of amides is 1. The van der Waals surface area contributed by atoms with Crippen LogP contribution in [-0.2, 0) is 0 Å². The molecule has 2 heterocycles. The fourth-order valence-electron chi connectivity index (χ4n) is 2.09. The maximum Gasteiger partial charge on any atom is 0.255 e. The third-order valence-electron chi connectivity index (χ3n) is 3.24. The number of aromatic hydroxyl groups is 1. The smallest absolute Gasteiger partial charge is 0.255 e. The van der Waals surface area contributed by atoms with Gasteiger partial charge in [0, 0.05) is 24.5 Å². The number of phenolic OH excluding ortho intramolecular Hbond substituents is 1. The molecule has 0 bridgehead atoms. The minimum atomic E-state index is -0.302. The first-order valence-electron chi connectivity index (χ1n) is 10.1. The summed E-state index contributed by atoms with van der Waals surface area (Å²) >= 11 is 0. The zero-order valence-electron chi connectivity index (χ0n) is 18.6. The van der Waals surface area contributed by atoms with Crippen molar-refractivity contribution in [2.45, 2.75) is 55.4 Å². The number of hydrogen-bond donors (Lipinski definition) is 4. The Morgan fingerprint density at radius 2 is 1.58 bits per heavy atom. The number of carbonyl (C=O) groups is 2. The van der Waals surface area contributed by atoms with Gasteiger partial charge in [-0.3, -0.25) is 9.59 Å². The summed E-state index contributed by atoms with van der Waals surface area (Å²) < 4.78 is 0. The van der Waals surface area contributed by atoms with E-state index in [2.05, 4.69) is 29.1 Å². The van der Waals surface area contributed by atoms with Gasteiger partial charge in [0.2, 0.25) is 0 Å². The van der Waals surface area contributed by atoms with Gasteiger partial charge >= 0.3 is 0 Å². The monoisotopic (exact) mass is 431 g/mol. The highest BCUT2D eigenvalue weighted by atomic mass is 16.3. The molecule has 0 saturated carbocycles. The molecule has 0 unspecified atom stereocenters. The molecule has 1 amide bonds. The van der Waals surface area contributed by atoms with E-state index in [1.165, 1.54) is 43.8 Å². The number of fused-ring (bicyclic) bond motifs is 1. The van der Waals surface area contributed by atoms with Gasteiger partial charge in [-0.2, -0.15) is 0 Å². The molecule has 0 spiro atoms. The lowest BCUT2D eigenvalue weighted by atomic mass is 10.2. The molecule has 0 radical (unpaired) electrons. The summed E-state index contributed by atoms with van der Waals surface area (Å²) in [6, 6.07) is 9.38. The van der Waals surface area contributed by atoms with E-state index in [-0.39, 0.29) is 31.5 Å². The van der Waals surface area contributed by atoms with Crippen LogP contribution in [0, 0.1) is 0 Å². The van der Waals surface area contributed by atoms with Gasteiger partial charge < -0.3 is 20.5 Å². The van der Waals surface area contributed by atoms with Gasteiger partial charge in [0.25, 0.3) is 5.91 Å². The number of aliphatic hydroxyl groups is 1. The van der Waals surface area contributed by atoms with Crippen molar-refractivity contribution in [2.75, 3.05) is 11.9 Å². The number of aromatic amines is 1. The number of rotatable bonds is 3. The minimum absolute atomic E-state index is 0. The molecular formula is C24H37N3O4. The largest absolute Gasteiger partial charge is 0.508 e. The summed E-state index contributed by atoms with van der Waals surface area (Å²) in [5.41, 5.74) is 2.02. The van der Waals surface area contributed by atoms with Crippen LogP contribution in [0.3, 0.4) is 0 Å². The SMILES string of the molecule is C.CC.CC(=O)c1cc2cc(NC(=O)c3ccc(O)cc3)cnc2[nH]1.CCC.CCO. The van der Waals surface area contributed by atoms with Gasteiger partial charge in [-0.15, -0.1) is 0 Å². The van der Waals surface area contributed by atoms with E-state index in [4.69, 9.17) is 5.11 Å². The van der Waals surface area contributed by atoms with Crippen LogP contribution in [0.15, 0.2) is 42.6 Å². The molecule has 3 aromatic rings. The van der Waals surface area contributed by atoms with Crippen molar-refractivity contribution in [1.29, 1.82) is 0 Å². The number of pyridine rings is 1. The van der Waals surface area contributed by atoms with Crippen molar-refractivity contribution in [1.82, 2.24) is 9.97 Å². The Kier molecular flexibility index (Phi) is 16.1. The van der Waals surface area contributed by atoms with E-state index >= 15 is 0 Å². The van der Waals surface area contributed by atoms with Gasteiger partial charge in [0.05, 0.1) is 17.6 Å². The lowest BCUT2D eigenvalue weighted by molar-refractivity contribution is 0.101. The lowest BCUT2D eigenvalue weighted by Gasteiger charge is -2.05. The number of H-pyrrole nitrogens is 1. The topological polar surface area (TPSA) is 115 Å². The molecule has 31 heavy (non-hydrogen) atoms. The standard InChI is InChI=1S/C16H13N3O3.C3H8.C2H6O.C2H6.CH4/c1-9(20)14-7-11-6-12(8-17-15(11)19-14)18-16(22)10-2-4-13(21)5-3-10;1-3-2;1-2-3;1-2;/h2-8,21H,1H3,(H,17,19)(H,18,22);3H2,1-2H3;3H,2H2,1H3;1-2H3;1H4. The Hall–Kier alpha value is -3.19. The summed E-state index contributed by atoms with van der Waals surface area (Å²) in [6.45, 7) is 11.7. The van der Waals surface area contributed by atoms with E-state index in [1.807, 2.05) is 13.8 Å². The maximum atomic E-state index is 12.1. The fraction of sp³-hybridized carbons (Fsp3) is 0.375. The Balaban J connectivity index is 0. The molecule has 4 N–H and O–H groups in total. The highest BCUT2D eigenvalue weighted by Crippen LogP contribution is 2.19. The first-order chi connectivity index (χ1) is 14.4. The second-order valence-electron chi connectivity index (χ2n) is 5.93. The highest BCUT2D eigenvalue weighted by Gasteiger charge is 2.09. The fourth-order valence-corrected chi connectivity index (χ4v) is 2.09. The van der Waals surface area contributed by atoms with Gasteiger partial charge in [-0.25, -0.2) is 4.98 Å². The van der Waals surface area contributed by atoms with E-state index in [0.29, 0.717) is 22.6 Å². The van der Waals surface area contributed by atoms with Crippen molar-refractivity contribution in [3.63, 3.8) is 0 Å². The van der Waals surface area contributed by atoms with Crippen LogP contribution >= 0.6 is 0 Å². The summed E-state index contributed by atoms with van der Waals surface area (Å²) in [5, 5.41) is 20.3. The number of phenols is 1. The molecule has 172 valence electrons. The number of aliphatic hydroxyl groups excluding tert-OH is 1. The third kappa shape index (κ3) is 10.4. The molecule has 2 aromatic heterocycles. The summed E-state index contributed by atoms with van der Waals surface area (Å²) in [5.74, 6) is -0.278. The van der Waals surface area contributed by atoms with Crippen LogP contribution in [0.4, 0.5) is 5.69 Å². The zero-order valence-corrected chi connectivity index (χ0v) is 18.6. The highest BCUT2D eigenvalue weighted by molar-refractivity contribution is 6.05. The number of Topliss-reactive ketones (excluding diaryl/α,β-unsaturated/α-hetero) is 1. The normalized spacial score (nSPS) is 8.87. The van der Waals surface area contributed by atoms with E-state index in [9.17, 15) is 14.7 Å². The predicted molar refractivity (Wildman–Crippen MR) is 129 cm³/mol. The molecule has 0 aliphatic rings. The molecule has 3 rings (SSSR count). The average Bonchev–Trinajstić information content (AvgIpc) is 3.15. The summed E-state index contributed by atoms with van der Waals surface area (Å²) in [6.07, 6.45) is 2.76. The Morgan fingerprint density at radius 3 is 2.06 bits per heavy atom. The van der Waals surface area contributed by atoms with E-state index in [1.54, 1.807) is 19.1 Å². The van der Waals surface area contributed by atoms with Crippen LogP contribution in [-0.4, -0.2) is 38.5 Å². The van der Waals surface area contributed by atoms with E-state index in [0.717, 1.165) is 5.39 Å². The molecule has 0 aliphatic carbocycles. The van der Waals surface area contributed by atoms with Crippen molar-refractivity contribution in [3.8, 4) is 5.75 Å². The summed E-state index contributed by atoms with van der Waals surface area (Å²) in [7, 11) is 0. The molecule has 0 saturated heterocycles. The molecule has 0 atom stereocenters. The number of anilines is 1. The molecule has 1 aromatic carbocycles. The second-order valence-corrected chi connectivity index (χ2v) is 5.93. The van der Waals surface area contributed by atoms with Gasteiger partial charge in [0.1, 0.15) is 11.4 Å². The van der Waals surface area contributed by atoms with Crippen LogP contribution in [0.25, 0.3) is 11.0 Å². The number of nitrogens with zero attached hydrogens (tertiary/aromatic N) is 1. The number of benzene rings is 1. The van der Waals surface area contributed by atoms with Crippen molar-refractivity contribution < 1.29 is 19.8 Å². The quantitative estimate of drug-likeness (QED) is 0.391. The van der Waals surface area contributed by atoms with Crippen molar-refractivity contribution >= 4 is 28.4 Å². The Bertz CT molecular complexity index is 901. The number of hydrogen-bond acceptors (Lipinski definition) is 5. The lowest BCUT2D eigenvalue weighted by Crippen LogP contribution is -2.11. The Labute approximate surface area is 185 Å². The van der Waals surface area contributed by atoms with Gasteiger partial charge in [0.15, 0.2) is 5.78 Å². The van der Waals surface area contributed by atoms with Crippen LogP contribution in [0.1, 0.15) is 76.2 Å². The first-order valence-corrected chi connectivity index (χ1v) is 10.1. The van der Waals surface area contributed by atoms with Crippen LogP contribution in [0.5, 0.6) is 5.75 Å². The number of carbonyl (C=O) groups excluding carboxylic acids is 2. The molecular weight excluding hydrogens is 394 g/mol. The average molecular weight is 432 g/mol. The van der Waals surface area contributed by atoms with Crippen LogP contribution < -0.4 is 5.32 Å². The minimum Gasteiger partial charge on any atom is -0.508 e. The van der Waals surface area contributed by atoms with E-state index < -0.39 is 0 Å².